The van der Waals surface area contributed by atoms with Crippen LogP contribution in [0, 0.1) is 18.2 Å². The van der Waals surface area contributed by atoms with Crippen molar-refractivity contribution in [3.8, 4) is 18.1 Å². The highest BCUT2D eigenvalue weighted by Gasteiger charge is 2.11. The zero-order chi connectivity index (χ0) is 13.7. The molecule has 0 spiro atoms. The molecule has 0 bridgehead atoms. The van der Waals surface area contributed by atoms with Gasteiger partial charge >= 0.3 is 0 Å². The van der Waals surface area contributed by atoms with Gasteiger partial charge in [-0.3, -0.25) is 15.8 Å². The van der Waals surface area contributed by atoms with Crippen LogP contribution in [0.4, 0.5) is 10.1 Å². The summed E-state index contributed by atoms with van der Waals surface area (Å²) in [7, 11) is 0. The molecule has 4 nitrogen and oxygen atoms in total. The fourth-order valence-electron chi connectivity index (χ4n) is 1.39. The van der Waals surface area contributed by atoms with Gasteiger partial charge in [0.15, 0.2) is 5.17 Å². The van der Waals surface area contributed by atoms with Crippen LogP contribution in [0.25, 0.3) is 0 Å². The summed E-state index contributed by atoms with van der Waals surface area (Å²) in [5.41, 5.74) is 5.77. The molecule has 1 heterocycles. The Labute approximate surface area is 119 Å². The van der Waals surface area contributed by atoms with E-state index in [1.54, 1.807) is 11.8 Å². The van der Waals surface area contributed by atoms with Crippen LogP contribution in [0.2, 0.25) is 5.02 Å². The molecule has 2 N–H and O–H groups in total. The lowest BCUT2D eigenvalue weighted by Gasteiger charge is -2.12. The number of terminal acetylenes is 1. The fourth-order valence-corrected chi connectivity index (χ4v) is 2.27. The third kappa shape index (κ3) is 3.69. The van der Waals surface area contributed by atoms with Crippen LogP contribution in [0.1, 0.15) is 0 Å². The number of hydrazine groups is 1. The topological polar surface area (TPSA) is 45.6 Å². The first kappa shape index (κ1) is 13.8. The molecule has 0 aliphatic carbocycles. The predicted octanol–water partition coefficient (Wildman–Crippen LogP) is 2.51. The van der Waals surface area contributed by atoms with Gasteiger partial charge in [-0.25, -0.2) is 4.39 Å². The summed E-state index contributed by atoms with van der Waals surface area (Å²) in [4.78, 5) is 4.17. The molecule has 0 amide bonds. The Morgan fingerprint density at radius 3 is 3.05 bits per heavy atom. The van der Waals surface area contributed by atoms with E-state index in [4.69, 9.17) is 22.8 Å². The molecule has 0 saturated carbocycles. The van der Waals surface area contributed by atoms with E-state index >= 15 is 0 Å². The zero-order valence-corrected chi connectivity index (χ0v) is 11.4. The number of anilines is 1. The Morgan fingerprint density at radius 2 is 2.37 bits per heavy atom. The molecule has 0 radical (unpaired) electrons. The second kappa shape index (κ2) is 6.55. The summed E-state index contributed by atoms with van der Waals surface area (Å²) in [6, 6.07) is 2.61. The molecule has 100 valence electrons. The second-order valence-corrected chi connectivity index (χ2v) is 5.03. The minimum absolute atomic E-state index is 0.0702. The first-order valence-electron chi connectivity index (χ1n) is 5.45. The Balaban J connectivity index is 2.08. The maximum absolute atomic E-state index is 13.7. The van der Waals surface area contributed by atoms with Gasteiger partial charge in [0.2, 0.25) is 0 Å². The maximum atomic E-state index is 13.7. The van der Waals surface area contributed by atoms with Gasteiger partial charge in [-0.1, -0.05) is 29.3 Å². The van der Waals surface area contributed by atoms with Gasteiger partial charge in [-0.2, -0.15) is 0 Å². The molecule has 0 saturated heterocycles. The van der Waals surface area contributed by atoms with E-state index in [9.17, 15) is 4.39 Å². The first-order chi connectivity index (χ1) is 9.20. The van der Waals surface area contributed by atoms with Crippen molar-refractivity contribution in [2.24, 2.45) is 4.99 Å². The minimum Gasteiger partial charge on any atom is -0.479 e. The molecule has 2 rings (SSSR count). The summed E-state index contributed by atoms with van der Waals surface area (Å²) in [6.45, 7) is 0.828. The van der Waals surface area contributed by atoms with Crippen molar-refractivity contribution in [3.05, 3.63) is 23.0 Å². The number of aliphatic imine (C=N–C) groups is 1. The molecule has 0 atom stereocenters. The van der Waals surface area contributed by atoms with Crippen molar-refractivity contribution in [2.75, 3.05) is 24.3 Å². The van der Waals surface area contributed by atoms with Crippen molar-refractivity contribution in [1.29, 1.82) is 0 Å². The zero-order valence-electron chi connectivity index (χ0n) is 9.87. The van der Waals surface area contributed by atoms with Crippen molar-refractivity contribution < 1.29 is 9.13 Å². The molecule has 1 aromatic rings. The number of hydrogen-bond acceptors (Lipinski definition) is 5. The van der Waals surface area contributed by atoms with E-state index in [0.717, 1.165) is 17.5 Å². The summed E-state index contributed by atoms with van der Waals surface area (Å²) in [6.07, 6.45) is 5.10. The lowest BCUT2D eigenvalue weighted by molar-refractivity contribution is 0.370. The Kier molecular flexibility index (Phi) is 4.77. The third-order valence-electron chi connectivity index (χ3n) is 2.22. The van der Waals surface area contributed by atoms with Crippen LogP contribution in [-0.2, 0) is 0 Å². The van der Waals surface area contributed by atoms with Crippen LogP contribution >= 0.6 is 23.4 Å². The SMILES string of the molecule is C#CCOc1cc(NNC2=NCCS2)c(F)cc1Cl. The normalized spacial score (nSPS) is 13.6. The summed E-state index contributed by atoms with van der Waals surface area (Å²) in [5, 5.41) is 0.895. The Morgan fingerprint density at radius 1 is 1.53 bits per heavy atom. The number of thioether (sulfide) groups is 1. The maximum Gasteiger partial charge on any atom is 0.175 e. The largest absolute Gasteiger partial charge is 0.479 e. The number of amidine groups is 1. The molecule has 1 aliphatic rings. The standard InChI is InChI=1S/C12H11ClFN3OS/c1-2-4-18-11-7-10(9(14)6-8(11)13)16-17-12-15-3-5-19-12/h1,6-7,16H,3-5H2,(H,15,17). The number of nitrogens with zero attached hydrogens (tertiary/aromatic N) is 1. The molecule has 0 fully saturated rings. The van der Waals surface area contributed by atoms with E-state index in [-0.39, 0.29) is 17.3 Å². The van der Waals surface area contributed by atoms with Crippen molar-refractivity contribution in [2.45, 2.75) is 0 Å². The van der Waals surface area contributed by atoms with Gasteiger partial charge in [0, 0.05) is 11.8 Å². The van der Waals surface area contributed by atoms with Crippen LogP contribution in [0.15, 0.2) is 17.1 Å². The van der Waals surface area contributed by atoms with Crippen LogP contribution in [0.5, 0.6) is 5.75 Å². The highest BCUT2D eigenvalue weighted by atomic mass is 35.5. The molecule has 0 unspecified atom stereocenters. The molecule has 19 heavy (non-hydrogen) atoms. The second-order valence-electron chi connectivity index (χ2n) is 3.54. The highest BCUT2D eigenvalue weighted by Crippen LogP contribution is 2.30. The van der Waals surface area contributed by atoms with Crippen molar-refractivity contribution >= 4 is 34.2 Å². The van der Waals surface area contributed by atoms with Crippen molar-refractivity contribution in [3.63, 3.8) is 0 Å². The monoisotopic (exact) mass is 299 g/mol. The van der Waals surface area contributed by atoms with E-state index in [2.05, 4.69) is 21.8 Å². The molecular formula is C12H11ClFN3OS. The lowest BCUT2D eigenvalue weighted by atomic mass is 10.3. The lowest BCUT2D eigenvalue weighted by Crippen LogP contribution is -2.26. The van der Waals surface area contributed by atoms with Crippen LogP contribution < -0.4 is 15.6 Å². The molecular weight excluding hydrogens is 289 g/mol. The summed E-state index contributed by atoms with van der Waals surface area (Å²) in [5.74, 6) is 3.08. The van der Waals surface area contributed by atoms with E-state index in [1.807, 2.05) is 0 Å². The van der Waals surface area contributed by atoms with E-state index < -0.39 is 5.82 Å². The molecule has 0 aromatic heterocycles. The fraction of sp³-hybridized carbons (Fsp3) is 0.250. The summed E-state index contributed by atoms with van der Waals surface area (Å²) < 4.78 is 18.9. The van der Waals surface area contributed by atoms with Crippen LogP contribution in [-0.4, -0.2) is 24.1 Å². The van der Waals surface area contributed by atoms with E-state index in [1.165, 1.54) is 12.1 Å². The van der Waals surface area contributed by atoms with Gasteiger partial charge in [0.25, 0.3) is 0 Å². The number of halogens is 2. The molecule has 1 aliphatic heterocycles. The minimum atomic E-state index is -0.492. The van der Waals surface area contributed by atoms with Gasteiger partial charge in [-0.15, -0.1) is 6.42 Å². The highest BCUT2D eigenvalue weighted by molar-refractivity contribution is 8.14. The number of hydrogen-bond donors (Lipinski definition) is 2. The smallest absolute Gasteiger partial charge is 0.175 e. The van der Waals surface area contributed by atoms with Crippen molar-refractivity contribution in [1.82, 2.24) is 5.43 Å². The average Bonchev–Trinajstić information content (AvgIpc) is 2.90. The third-order valence-corrected chi connectivity index (χ3v) is 3.41. The number of rotatable bonds is 4. The Hall–Kier alpha value is -1.58. The average molecular weight is 300 g/mol. The first-order valence-corrected chi connectivity index (χ1v) is 6.81. The summed E-state index contributed by atoms with van der Waals surface area (Å²) >= 11 is 7.41. The predicted molar refractivity (Wildman–Crippen MR) is 77.3 cm³/mol. The van der Waals surface area contributed by atoms with Gasteiger partial charge < -0.3 is 4.74 Å². The van der Waals surface area contributed by atoms with Crippen LogP contribution in [0.3, 0.4) is 0 Å². The quantitative estimate of drug-likeness (QED) is 0.662. The van der Waals surface area contributed by atoms with E-state index in [0.29, 0.717) is 5.75 Å². The molecule has 1 aromatic carbocycles. The number of ether oxygens (including phenoxy) is 1. The van der Waals surface area contributed by atoms with Gasteiger partial charge in [-0.05, 0) is 6.07 Å². The Bertz CT molecular complexity index is 545. The van der Waals surface area contributed by atoms with Gasteiger partial charge in [0.1, 0.15) is 18.2 Å². The van der Waals surface area contributed by atoms with Gasteiger partial charge in [0.05, 0.1) is 17.3 Å². The molecule has 7 heteroatoms. The number of nitrogens with one attached hydrogen (secondary N) is 2. The number of benzene rings is 1.